The maximum Gasteiger partial charge on any atom is 0.337 e. The normalized spacial score (nSPS) is 16.8. The second-order valence-corrected chi connectivity index (χ2v) is 8.61. The van der Waals surface area contributed by atoms with Gasteiger partial charge in [-0.15, -0.1) is 0 Å². The fraction of sp³-hybridized carbons (Fsp3) is 0.346. The molecule has 0 saturated carbocycles. The zero-order chi connectivity index (χ0) is 21.9. The Balaban J connectivity index is 1.49. The van der Waals surface area contributed by atoms with Crippen LogP contribution in [0.4, 0.5) is 5.82 Å². The molecule has 2 N–H and O–H groups in total. The van der Waals surface area contributed by atoms with Gasteiger partial charge in [-0.1, -0.05) is 36.4 Å². The van der Waals surface area contributed by atoms with Gasteiger partial charge in [0, 0.05) is 24.9 Å². The number of piperidine rings is 1. The number of carbonyl (C=O) groups excluding carboxylic acids is 1. The van der Waals surface area contributed by atoms with E-state index in [1.165, 1.54) is 25.5 Å². The molecule has 0 bridgehead atoms. The van der Waals surface area contributed by atoms with Gasteiger partial charge in [-0.25, -0.2) is 14.8 Å². The molecule has 1 fully saturated rings. The van der Waals surface area contributed by atoms with Crippen molar-refractivity contribution in [3.8, 4) is 11.1 Å². The van der Waals surface area contributed by atoms with E-state index in [1.54, 1.807) is 0 Å². The topological polar surface area (TPSA) is 76.1 Å². The SMILES string of the molecule is COC(=O)c1ccc2c(c1)Cc1nc(Cc3ccccc3)nc(NCC3CCCNC3)c1-2. The Kier molecular flexibility index (Phi) is 5.86. The minimum atomic E-state index is -0.317. The number of hydrogen-bond donors (Lipinski definition) is 2. The molecule has 2 heterocycles. The van der Waals surface area contributed by atoms with Gasteiger partial charge in [-0.05, 0) is 60.7 Å². The lowest BCUT2D eigenvalue weighted by atomic mass is 9.99. The van der Waals surface area contributed by atoms with Gasteiger partial charge in [-0.2, -0.15) is 0 Å². The molecule has 2 aromatic carbocycles. The number of methoxy groups -OCH3 is 1. The molecule has 1 atom stereocenters. The number of fused-ring (bicyclic) bond motifs is 3. The quantitative estimate of drug-likeness (QED) is 0.455. The van der Waals surface area contributed by atoms with Crippen molar-refractivity contribution in [1.29, 1.82) is 0 Å². The van der Waals surface area contributed by atoms with Gasteiger partial charge >= 0.3 is 5.97 Å². The Hall–Kier alpha value is -3.25. The van der Waals surface area contributed by atoms with Crippen molar-refractivity contribution in [2.24, 2.45) is 5.92 Å². The average molecular weight is 429 g/mol. The molecule has 0 spiro atoms. The molecule has 0 amide bonds. The minimum absolute atomic E-state index is 0.317. The van der Waals surface area contributed by atoms with E-state index in [0.717, 1.165) is 53.7 Å². The van der Waals surface area contributed by atoms with Crippen LogP contribution in [0.3, 0.4) is 0 Å². The number of nitrogens with one attached hydrogen (secondary N) is 2. The van der Waals surface area contributed by atoms with E-state index >= 15 is 0 Å². The van der Waals surface area contributed by atoms with Gasteiger partial charge < -0.3 is 15.4 Å². The Labute approximate surface area is 188 Å². The zero-order valence-electron chi connectivity index (χ0n) is 18.4. The van der Waals surface area contributed by atoms with Crippen LogP contribution < -0.4 is 10.6 Å². The first kappa shape index (κ1) is 20.6. The summed E-state index contributed by atoms with van der Waals surface area (Å²) in [6.07, 6.45) is 3.83. The van der Waals surface area contributed by atoms with Crippen LogP contribution in [-0.2, 0) is 17.6 Å². The van der Waals surface area contributed by atoms with Crippen LogP contribution in [-0.4, -0.2) is 42.7 Å². The van der Waals surface area contributed by atoms with Gasteiger partial charge in [0.05, 0.1) is 18.4 Å². The molecule has 6 heteroatoms. The molecule has 1 aliphatic heterocycles. The van der Waals surface area contributed by atoms with E-state index in [-0.39, 0.29) is 5.97 Å². The molecule has 5 rings (SSSR count). The highest BCUT2D eigenvalue weighted by Gasteiger charge is 2.27. The summed E-state index contributed by atoms with van der Waals surface area (Å²) in [5.41, 5.74) is 6.04. The Morgan fingerprint density at radius 1 is 1.19 bits per heavy atom. The second-order valence-electron chi connectivity index (χ2n) is 8.61. The number of benzene rings is 2. The summed E-state index contributed by atoms with van der Waals surface area (Å²) >= 11 is 0. The zero-order valence-corrected chi connectivity index (χ0v) is 18.4. The Bertz CT molecular complexity index is 1120. The van der Waals surface area contributed by atoms with Crippen molar-refractivity contribution in [1.82, 2.24) is 15.3 Å². The highest BCUT2D eigenvalue weighted by Crippen LogP contribution is 2.40. The van der Waals surface area contributed by atoms with E-state index in [2.05, 4.69) is 22.8 Å². The van der Waals surface area contributed by atoms with Gasteiger partial charge in [0.2, 0.25) is 0 Å². The molecule has 2 aliphatic rings. The van der Waals surface area contributed by atoms with E-state index in [1.807, 2.05) is 36.4 Å². The molecular weight excluding hydrogens is 400 g/mol. The fourth-order valence-electron chi connectivity index (χ4n) is 4.70. The number of aromatic nitrogens is 2. The summed E-state index contributed by atoms with van der Waals surface area (Å²) in [6, 6.07) is 16.1. The van der Waals surface area contributed by atoms with Gasteiger partial charge in [0.15, 0.2) is 0 Å². The van der Waals surface area contributed by atoms with Crippen molar-refractivity contribution in [3.63, 3.8) is 0 Å². The summed E-state index contributed by atoms with van der Waals surface area (Å²) in [5.74, 6) is 1.99. The highest BCUT2D eigenvalue weighted by molar-refractivity contribution is 5.92. The molecule has 1 aliphatic carbocycles. The van der Waals surface area contributed by atoms with Crippen molar-refractivity contribution in [3.05, 3.63) is 76.7 Å². The molecule has 3 aromatic rings. The molecular formula is C26H28N4O2. The molecule has 1 aromatic heterocycles. The molecule has 1 unspecified atom stereocenters. The number of ether oxygens (including phenoxy) is 1. The molecule has 1 saturated heterocycles. The van der Waals surface area contributed by atoms with E-state index in [9.17, 15) is 4.79 Å². The minimum Gasteiger partial charge on any atom is -0.465 e. The predicted molar refractivity (Wildman–Crippen MR) is 125 cm³/mol. The molecule has 0 radical (unpaired) electrons. The molecule has 6 nitrogen and oxygen atoms in total. The van der Waals surface area contributed by atoms with Gasteiger partial charge in [0.1, 0.15) is 11.6 Å². The third-order valence-corrected chi connectivity index (χ3v) is 6.35. The lowest BCUT2D eigenvalue weighted by molar-refractivity contribution is 0.0600. The van der Waals surface area contributed by atoms with E-state index in [0.29, 0.717) is 24.3 Å². The third kappa shape index (κ3) is 4.23. The van der Waals surface area contributed by atoms with Gasteiger partial charge in [0.25, 0.3) is 0 Å². The number of esters is 1. The first-order valence-corrected chi connectivity index (χ1v) is 11.3. The van der Waals surface area contributed by atoms with Crippen molar-refractivity contribution < 1.29 is 9.53 Å². The van der Waals surface area contributed by atoms with E-state index < -0.39 is 0 Å². The van der Waals surface area contributed by atoms with E-state index in [4.69, 9.17) is 14.7 Å². The first-order valence-electron chi connectivity index (χ1n) is 11.3. The number of rotatable bonds is 6. The molecule has 32 heavy (non-hydrogen) atoms. The lowest BCUT2D eigenvalue weighted by Gasteiger charge is -2.24. The summed E-state index contributed by atoms with van der Waals surface area (Å²) in [6.45, 7) is 3.03. The Morgan fingerprint density at radius 3 is 2.84 bits per heavy atom. The average Bonchev–Trinajstić information content (AvgIpc) is 3.21. The fourth-order valence-corrected chi connectivity index (χ4v) is 4.70. The van der Waals surface area contributed by atoms with Crippen LogP contribution in [0.1, 0.15) is 45.8 Å². The lowest BCUT2D eigenvalue weighted by Crippen LogP contribution is -2.33. The predicted octanol–water partition coefficient (Wildman–Crippen LogP) is 3.84. The second kappa shape index (κ2) is 9.09. The van der Waals surface area contributed by atoms with Crippen LogP contribution in [0.15, 0.2) is 48.5 Å². The summed E-state index contributed by atoms with van der Waals surface area (Å²) in [7, 11) is 1.41. The summed E-state index contributed by atoms with van der Waals surface area (Å²) < 4.78 is 4.90. The number of nitrogens with zero attached hydrogens (tertiary/aromatic N) is 2. The van der Waals surface area contributed by atoms with Crippen molar-refractivity contribution in [2.75, 3.05) is 32.1 Å². The summed E-state index contributed by atoms with van der Waals surface area (Å²) in [4.78, 5) is 21.9. The highest BCUT2D eigenvalue weighted by atomic mass is 16.5. The van der Waals surface area contributed by atoms with Crippen molar-refractivity contribution in [2.45, 2.75) is 25.7 Å². The standard InChI is InChI=1S/C26H28N4O2/c1-32-26(31)19-9-10-21-20(13-19)14-22-24(21)25(28-16-18-8-5-11-27-15-18)30-23(29-22)12-17-6-3-2-4-7-17/h2-4,6-7,9-10,13,18,27H,5,8,11-12,14-16H2,1H3,(H,28,29,30). The van der Waals surface area contributed by atoms with Crippen LogP contribution in [0.2, 0.25) is 0 Å². The first-order chi connectivity index (χ1) is 15.7. The third-order valence-electron chi connectivity index (χ3n) is 6.35. The maximum atomic E-state index is 12.0. The molecule has 164 valence electrons. The van der Waals surface area contributed by atoms with Crippen LogP contribution in [0, 0.1) is 5.92 Å². The van der Waals surface area contributed by atoms with Crippen LogP contribution >= 0.6 is 0 Å². The smallest absolute Gasteiger partial charge is 0.337 e. The largest absolute Gasteiger partial charge is 0.465 e. The van der Waals surface area contributed by atoms with Crippen molar-refractivity contribution >= 4 is 11.8 Å². The van der Waals surface area contributed by atoms with Gasteiger partial charge in [-0.3, -0.25) is 0 Å². The summed E-state index contributed by atoms with van der Waals surface area (Å²) in [5, 5.41) is 7.14. The number of carbonyl (C=O) groups is 1. The maximum absolute atomic E-state index is 12.0. The number of anilines is 1. The van der Waals surface area contributed by atoms with Crippen LogP contribution in [0.25, 0.3) is 11.1 Å². The van der Waals surface area contributed by atoms with Crippen LogP contribution in [0.5, 0.6) is 0 Å². The Morgan fingerprint density at radius 2 is 2.06 bits per heavy atom. The monoisotopic (exact) mass is 428 g/mol. The number of hydrogen-bond acceptors (Lipinski definition) is 6.